The number of hydrogen-bond acceptors (Lipinski definition) is 3. The molecule has 3 nitrogen and oxygen atoms in total. The van der Waals surface area contributed by atoms with Crippen molar-refractivity contribution in [1.29, 1.82) is 0 Å². The summed E-state index contributed by atoms with van der Waals surface area (Å²) in [5.41, 5.74) is 1.10. The molecule has 4 heteroatoms. The van der Waals surface area contributed by atoms with Crippen LogP contribution in [0.4, 0.5) is 0 Å². The molecule has 0 aromatic heterocycles. The Bertz CT molecular complexity index is 473. The average Bonchev–Trinajstić information content (AvgIpc) is 2.52. The lowest BCUT2D eigenvalue weighted by atomic mass is 10.1. The predicted octanol–water partition coefficient (Wildman–Crippen LogP) is 6.74. The summed E-state index contributed by atoms with van der Waals surface area (Å²) in [6.07, 6.45) is 9.50. The van der Waals surface area contributed by atoms with E-state index in [0.29, 0.717) is 18.5 Å². The van der Waals surface area contributed by atoms with E-state index >= 15 is 0 Å². The van der Waals surface area contributed by atoms with Crippen LogP contribution in [0.2, 0.25) is 0 Å². The van der Waals surface area contributed by atoms with Crippen molar-refractivity contribution in [3.63, 3.8) is 0 Å². The highest BCUT2D eigenvalue weighted by molar-refractivity contribution is 7.54. The summed E-state index contributed by atoms with van der Waals surface area (Å²) in [5.74, 6) is 0.646. The van der Waals surface area contributed by atoms with Crippen molar-refractivity contribution < 1.29 is 13.6 Å². The molecule has 1 rings (SSSR count). The Morgan fingerprint density at radius 1 is 0.957 bits per heavy atom. The molecular weight excluding hydrogens is 307 g/mol. The first-order valence-corrected chi connectivity index (χ1v) is 10.8. The van der Waals surface area contributed by atoms with E-state index < -0.39 is 7.60 Å². The fraction of sp³-hybridized carbons (Fsp3) is 0.684. The minimum atomic E-state index is -3.04. The molecule has 1 unspecified atom stereocenters. The normalized spacial score (nSPS) is 13.7. The average molecular weight is 340 g/mol. The van der Waals surface area contributed by atoms with E-state index in [1.165, 1.54) is 25.7 Å². The summed E-state index contributed by atoms with van der Waals surface area (Å²) in [7, 11) is -3.04. The molecule has 1 aromatic carbocycles. The van der Waals surface area contributed by atoms with Gasteiger partial charge in [-0.2, -0.15) is 0 Å². The van der Waals surface area contributed by atoms with E-state index in [-0.39, 0.29) is 0 Å². The zero-order valence-corrected chi connectivity index (χ0v) is 15.9. The molecule has 0 radical (unpaired) electrons. The molecular formula is C19H33O3P. The Morgan fingerprint density at radius 3 is 2.35 bits per heavy atom. The summed E-state index contributed by atoms with van der Waals surface area (Å²) < 4.78 is 24.4. The number of hydrogen-bond donors (Lipinski definition) is 0. The lowest BCUT2D eigenvalue weighted by Crippen LogP contribution is -2.04. The van der Waals surface area contributed by atoms with Crippen molar-refractivity contribution in [2.45, 2.75) is 72.1 Å². The molecule has 0 amide bonds. The third-order valence-corrected chi connectivity index (χ3v) is 5.73. The highest BCUT2D eigenvalue weighted by Gasteiger charge is 2.25. The van der Waals surface area contributed by atoms with Crippen LogP contribution in [0.15, 0.2) is 24.3 Å². The summed E-state index contributed by atoms with van der Waals surface area (Å²) in [6.45, 7) is 6.83. The van der Waals surface area contributed by atoms with E-state index in [1.807, 2.05) is 31.2 Å². The fourth-order valence-electron chi connectivity index (χ4n) is 2.41. The Hall–Kier alpha value is -0.790. The van der Waals surface area contributed by atoms with Crippen molar-refractivity contribution in [2.75, 3.05) is 12.8 Å². The fourth-order valence-corrected chi connectivity index (χ4v) is 4.23. The highest BCUT2D eigenvalue weighted by Crippen LogP contribution is 2.49. The van der Waals surface area contributed by atoms with Gasteiger partial charge in [-0.25, -0.2) is 4.57 Å². The van der Waals surface area contributed by atoms with Crippen LogP contribution in [0.25, 0.3) is 0 Å². The molecule has 23 heavy (non-hydrogen) atoms. The van der Waals surface area contributed by atoms with E-state index in [4.69, 9.17) is 9.05 Å². The SMILES string of the molecule is CCCCCCCCOP(=O)(CCCC)Oc1cccc(C)c1. The van der Waals surface area contributed by atoms with Gasteiger partial charge in [0, 0.05) is 0 Å². The number of unbranched alkanes of at least 4 members (excludes halogenated alkanes) is 6. The zero-order valence-electron chi connectivity index (χ0n) is 15.1. The molecule has 1 atom stereocenters. The molecule has 0 saturated heterocycles. The van der Waals surface area contributed by atoms with Crippen LogP contribution in [0, 0.1) is 6.92 Å². The molecule has 0 bridgehead atoms. The standard InChI is InChI=1S/C19H33O3P/c1-4-6-8-9-10-11-15-21-23(20,16-7-5-2)22-19-14-12-13-18(3)17-19/h12-14,17H,4-11,15-16H2,1-3H3. The molecule has 0 heterocycles. The second-order valence-electron chi connectivity index (χ2n) is 6.20. The van der Waals surface area contributed by atoms with Gasteiger partial charge in [0.15, 0.2) is 0 Å². The van der Waals surface area contributed by atoms with Gasteiger partial charge in [0.25, 0.3) is 0 Å². The number of benzene rings is 1. The smallest absolute Gasteiger partial charge is 0.379 e. The van der Waals surface area contributed by atoms with Gasteiger partial charge in [0.1, 0.15) is 5.75 Å². The first-order chi connectivity index (χ1) is 11.1. The largest absolute Gasteiger partial charge is 0.424 e. The van der Waals surface area contributed by atoms with Crippen molar-refractivity contribution in [1.82, 2.24) is 0 Å². The highest BCUT2D eigenvalue weighted by atomic mass is 31.2. The van der Waals surface area contributed by atoms with Gasteiger partial charge in [0.2, 0.25) is 0 Å². The lowest BCUT2D eigenvalue weighted by molar-refractivity contribution is 0.257. The maximum absolute atomic E-state index is 12.9. The maximum atomic E-state index is 12.9. The Morgan fingerprint density at radius 2 is 1.65 bits per heavy atom. The van der Waals surface area contributed by atoms with Gasteiger partial charge in [-0.1, -0.05) is 64.5 Å². The van der Waals surface area contributed by atoms with Crippen LogP contribution in [0.3, 0.4) is 0 Å². The van der Waals surface area contributed by atoms with E-state index in [9.17, 15) is 4.57 Å². The molecule has 0 saturated carbocycles. The molecule has 0 N–H and O–H groups in total. The third-order valence-electron chi connectivity index (χ3n) is 3.81. The van der Waals surface area contributed by atoms with E-state index in [1.54, 1.807) is 0 Å². The second-order valence-corrected chi connectivity index (χ2v) is 8.31. The molecule has 0 aliphatic heterocycles. The van der Waals surface area contributed by atoms with Crippen molar-refractivity contribution in [3.8, 4) is 5.75 Å². The molecule has 0 aliphatic carbocycles. The Balaban J connectivity index is 2.45. The second kappa shape index (κ2) is 11.7. The monoisotopic (exact) mass is 340 g/mol. The van der Waals surface area contributed by atoms with Crippen molar-refractivity contribution >= 4 is 7.60 Å². The van der Waals surface area contributed by atoms with Crippen LogP contribution in [-0.2, 0) is 9.09 Å². The van der Waals surface area contributed by atoms with E-state index in [2.05, 4.69) is 13.8 Å². The predicted molar refractivity (Wildman–Crippen MR) is 98.5 cm³/mol. The number of aryl methyl sites for hydroxylation is 1. The summed E-state index contributed by atoms with van der Waals surface area (Å²) in [5, 5.41) is 0. The minimum absolute atomic E-state index is 0.493. The van der Waals surface area contributed by atoms with Gasteiger partial charge in [-0.3, -0.25) is 4.52 Å². The number of rotatable bonds is 13. The van der Waals surface area contributed by atoms with Gasteiger partial charge in [-0.15, -0.1) is 0 Å². The molecule has 0 spiro atoms. The first kappa shape index (κ1) is 20.3. The molecule has 1 aromatic rings. The molecule has 0 aliphatic rings. The Kier molecular flexibility index (Phi) is 10.3. The third kappa shape index (κ3) is 9.17. The topological polar surface area (TPSA) is 35.5 Å². The summed E-state index contributed by atoms with van der Waals surface area (Å²) in [6, 6.07) is 7.68. The molecule has 0 fully saturated rings. The van der Waals surface area contributed by atoms with Crippen molar-refractivity contribution in [2.24, 2.45) is 0 Å². The molecule has 132 valence electrons. The zero-order chi connectivity index (χ0) is 17.0. The van der Waals surface area contributed by atoms with Crippen LogP contribution in [-0.4, -0.2) is 12.8 Å². The first-order valence-electron chi connectivity index (χ1n) is 9.09. The van der Waals surface area contributed by atoms with E-state index in [0.717, 1.165) is 31.2 Å². The van der Waals surface area contributed by atoms with Crippen LogP contribution in [0.5, 0.6) is 5.75 Å². The lowest BCUT2D eigenvalue weighted by Gasteiger charge is -2.19. The van der Waals surface area contributed by atoms with Crippen molar-refractivity contribution in [3.05, 3.63) is 29.8 Å². The summed E-state index contributed by atoms with van der Waals surface area (Å²) >= 11 is 0. The van der Waals surface area contributed by atoms with Crippen LogP contribution < -0.4 is 4.52 Å². The van der Waals surface area contributed by atoms with Gasteiger partial charge in [0.05, 0.1) is 12.8 Å². The van der Waals surface area contributed by atoms with Gasteiger partial charge in [-0.05, 0) is 37.5 Å². The quantitative estimate of drug-likeness (QED) is 0.294. The maximum Gasteiger partial charge on any atom is 0.379 e. The van der Waals surface area contributed by atoms with Gasteiger partial charge >= 0.3 is 7.60 Å². The minimum Gasteiger partial charge on any atom is -0.424 e. The Labute approximate surface area is 142 Å². The van der Waals surface area contributed by atoms with Crippen LogP contribution in [0.1, 0.15) is 70.8 Å². The van der Waals surface area contributed by atoms with Gasteiger partial charge < -0.3 is 4.52 Å². The summed E-state index contributed by atoms with van der Waals surface area (Å²) in [4.78, 5) is 0. The van der Waals surface area contributed by atoms with Crippen LogP contribution >= 0.6 is 7.60 Å².